The lowest BCUT2D eigenvalue weighted by Crippen LogP contribution is -2.38. The number of carbonyl (C=O) groups is 1. The van der Waals surface area contributed by atoms with Gasteiger partial charge in [-0.05, 0) is 47.7 Å². The van der Waals surface area contributed by atoms with Crippen LogP contribution in [0.1, 0.15) is 28.9 Å². The number of nitrogens with two attached hydrogens (primary N) is 3. The number of carbonyl (C=O) groups excluding carboxylic acids is 1. The molecular formula is C23H28ClN7O4. The average Bonchev–Trinajstić information content (AvgIpc) is 2.84. The molecule has 35 heavy (non-hydrogen) atoms. The number of aryl methyl sites for hydroxylation is 1. The second-order valence-electron chi connectivity index (χ2n) is 7.80. The molecule has 9 N–H and O–H groups in total. The number of nitrogens with zero attached hydrogens (tertiary/aromatic N) is 3. The quantitative estimate of drug-likeness (QED) is 0.134. The van der Waals surface area contributed by atoms with E-state index in [9.17, 15) is 9.90 Å². The average molecular weight is 502 g/mol. The normalized spacial score (nSPS) is 12.5. The Kier molecular flexibility index (Phi) is 9.01. The summed E-state index contributed by atoms with van der Waals surface area (Å²) in [5.74, 6) is -0.319. The van der Waals surface area contributed by atoms with Crippen LogP contribution in [0.5, 0.6) is 5.75 Å². The first-order valence-electron chi connectivity index (χ1n) is 10.9. The number of aromatic nitrogens is 2. The van der Waals surface area contributed by atoms with E-state index < -0.39 is 12.0 Å². The number of benzene rings is 2. The molecule has 0 radical (unpaired) electrons. The van der Waals surface area contributed by atoms with Crippen LogP contribution < -0.4 is 27.3 Å². The van der Waals surface area contributed by atoms with Crippen LogP contribution in [0, 0.1) is 0 Å². The maximum atomic E-state index is 12.2. The molecule has 0 aliphatic carbocycles. The van der Waals surface area contributed by atoms with E-state index in [1.54, 1.807) is 0 Å². The zero-order chi connectivity index (χ0) is 25.4. The molecular weight excluding hydrogens is 474 g/mol. The summed E-state index contributed by atoms with van der Waals surface area (Å²) >= 11 is 5.79. The van der Waals surface area contributed by atoms with Gasteiger partial charge in [0.2, 0.25) is 0 Å². The number of nitrogen functional groups attached to an aromatic ring is 2. The zero-order valence-electron chi connectivity index (χ0n) is 18.9. The van der Waals surface area contributed by atoms with E-state index in [4.69, 9.17) is 38.6 Å². The summed E-state index contributed by atoms with van der Waals surface area (Å²) in [5.41, 5.74) is 17.9. The number of hydrogen-bond donors (Lipinski definition) is 6. The Morgan fingerprint density at radius 2 is 1.86 bits per heavy atom. The number of amides is 1. The first-order chi connectivity index (χ1) is 16.8. The fourth-order valence-corrected chi connectivity index (χ4v) is 3.35. The van der Waals surface area contributed by atoms with Crippen molar-refractivity contribution in [2.24, 2.45) is 10.7 Å². The summed E-state index contributed by atoms with van der Waals surface area (Å²) in [5, 5.41) is 22.7. The smallest absolute Gasteiger partial charge is 0.280 e. The van der Waals surface area contributed by atoms with E-state index in [1.807, 2.05) is 24.3 Å². The van der Waals surface area contributed by atoms with Crippen molar-refractivity contribution in [3.8, 4) is 5.75 Å². The van der Waals surface area contributed by atoms with Gasteiger partial charge in [-0.25, -0.2) is 9.97 Å². The van der Waals surface area contributed by atoms with Crippen LogP contribution in [-0.2, 0) is 6.42 Å². The molecule has 0 aliphatic heterocycles. The molecule has 0 bridgehead atoms. The number of hydrogen-bond acceptors (Lipinski definition) is 9. The summed E-state index contributed by atoms with van der Waals surface area (Å²) in [6, 6.07) is 11.9. The molecule has 0 saturated carbocycles. The SMILES string of the molecule is NC(=NCCCCc1ccc2cc(OCC(O)CO)ccc2c1)NC(=O)c1nc(Cl)c(N)nc1N. The van der Waals surface area contributed by atoms with Crippen molar-refractivity contribution < 1.29 is 19.7 Å². The van der Waals surface area contributed by atoms with E-state index in [2.05, 4.69) is 32.4 Å². The lowest BCUT2D eigenvalue weighted by atomic mass is 10.0. The molecule has 186 valence electrons. The van der Waals surface area contributed by atoms with Gasteiger partial charge < -0.3 is 32.2 Å². The van der Waals surface area contributed by atoms with Crippen LogP contribution in [-0.4, -0.2) is 57.9 Å². The summed E-state index contributed by atoms with van der Waals surface area (Å²) in [6.07, 6.45) is 1.60. The Balaban J connectivity index is 1.46. The number of nitrogens with one attached hydrogen (secondary N) is 1. The van der Waals surface area contributed by atoms with Gasteiger partial charge in [0, 0.05) is 6.54 Å². The van der Waals surface area contributed by atoms with Crippen molar-refractivity contribution >= 4 is 45.9 Å². The number of aliphatic imine (C=N–C) groups is 1. The molecule has 0 fully saturated rings. The molecule has 1 atom stereocenters. The molecule has 1 unspecified atom stereocenters. The van der Waals surface area contributed by atoms with Crippen molar-refractivity contribution in [2.75, 3.05) is 31.2 Å². The lowest BCUT2D eigenvalue weighted by molar-refractivity contribution is 0.0536. The van der Waals surface area contributed by atoms with Crippen LogP contribution in [0.25, 0.3) is 10.8 Å². The Bertz CT molecular complexity index is 1220. The predicted molar refractivity (Wildman–Crippen MR) is 135 cm³/mol. The highest BCUT2D eigenvalue weighted by atomic mass is 35.5. The number of guanidine groups is 1. The minimum absolute atomic E-state index is 0.0364. The van der Waals surface area contributed by atoms with E-state index in [0.29, 0.717) is 12.3 Å². The van der Waals surface area contributed by atoms with Gasteiger partial charge in [0.15, 0.2) is 28.4 Å². The van der Waals surface area contributed by atoms with Crippen molar-refractivity contribution in [3.63, 3.8) is 0 Å². The molecule has 3 rings (SSSR count). The number of fused-ring (bicyclic) bond motifs is 1. The van der Waals surface area contributed by atoms with Gasteiger partial charge in [-0.1, -0.05) is 35.9 Å². The molecule has 0 saturated heterocycles. The molecule has 1 aromatic heterocycles. The maximum absolute atomic E-state index is 12.2. The third kappa shape index (κ3) is 7.41. The Morgan fingerprint density at radius 1 is 1.11 bits per heavy atom. The van der Waals surface area contributed by atoms with Crippen molar-refractivity contribution in [1.82, 2.24) is 15.3 Å². The first-order valence-corrected chi connectivity index (χ1v) is 11.3. The highest BCUT2D eigenvalue weighted by molar-refractivity contribution is 6.31. The molecule has 1 heterocycles. The summed E-state index contributed by atoms with van der Waals surface area (Å²) in [4.78, 5) is 24.0. The summed E-state index contributed by atoms with van der Waals surface area (Å²) in [6.45, 7) is 0.130. The topological polar surface area (TPSA) is 195 Å². The maximum Gasteiger partial charge on any atom is 0.280 e. The van der Waals surface area contributed by atoms with Crippen molar-refractivity contribution in [3.05, 3.63) is 52.8 Å². The van der Waals surface area contributed by atoms with E-state index >= 15 is 0 Å². The number of aliphatic hydroxyl groups excluding tert-OH is 2. The first kappa shape index (κ1) is 25.9. The zero-order valence-corrected chi connectivity index (χ0v) is 19.7. The Labute approximate surface area is 207 Å². The molecule has 0 aliphatic rings. The van der Waals surface area contributed by atoms with Crippen LogP contribution in [0.3, 0.4) is 0 Å². The second-order valence-corrected chi connectivity index (χ2v) is 8.16. The molecule has 2 aromatic carbocycles. The van der Waals surface area contributed by atoms with Gasteiger partial charge in [0.1, 0.15) is 18.5 Å². The van der Waals surface area contributed by atoms with E-state index in [-0.39, 0.29) is 41.7 Å². The monoisotopic (exact) mass is 501 g/mol. The van der Waals surface area contributed by atoms with Gasteiger partial charge in [-0.2, -0.15) is 0 Å². The minimum Gasteiger partial charge on any atom is -0.491 e. The summed E-state index contributed by atoms with van der Waals surface area (Å²) in [7, 11) is 0. The van der Waals surface area contributed by atoms with Gasteiger partial charge in [-0.3, -0.25) is 15.1 Å². The highest BCUT2D eigenvalue weighted by Crippen LogP contribution is 2.23. The minimum atomic E-state index is -0.903. The number of aliphatic hydroxyl groups is 2. The number of rotatable bonds is 10. The van der Waals surface area contributed by atoms with Crippen LogP contribution >= 0.6 is 11.6 Å². The molecule has 11 nitrogen and oxygen atoms in total. The molecule has 0 spiro atoms. The second kappa shape index (κ2) is 12.2. The fraction of sp³-hybridized carbons (Fsp3) is 0.304. The number of unbranched alkanes of at least 4 members (excludes halogenated alkanes) is 1. The number of anilines is 2. The summed E-state index contributed by atoms with van der Waals surface area (Å²) < 4.78 is 5.49. The number of ether oxygens (including phenoxy) is 1. The molecule has 1 amide bonds. The fourth-order valence-electron chi connectivity index (χ4n) is 3.23. The van der Waals surface area contributed by atoms with Gasteiger partial charge in [-0.15, -0.1) is 0 Å². The molecule has 12 heteroatoms. The van der Waals surface area contributed by atoms with Crippen molar-refractivity contribution in [2.45, 2.75) is 25.4 Å². The van der Waals surface area contributed by atoms with Gasteiger partial charge >= 0.3 is 0 Å². The van der Waals surface area contributed by atoms with Gasteiger partial charge in [0.05, 0.1) is 6.61 Å². The lowest BCUT2D eigenvalue weighted by Gasteiger charge is -2.11. The third-order valence-electron chi connectivity index (χ3n) is 5.05. The van der Waals surface area contributed by atoms with E-state index in [0.717, 1.165) is 30.0 Å². The predicted octanol–water partition coefficient (Wildman–Crippen LogP) is 1.25. The Hall–Kier alpha value is -3.67. The van der Waals surface area contributed by atoms with Crippen LogP contribution in [0.15, 0.2) is 41.4 Å². The van der Waals surface area contributed by atoms with Gasteiger partial charge in [0.25, 0.3) is 5.91 Å². The highest BCUT2D eigenvalue weighted by Gasteiger charge is 2.16. The number of halogens is 1. The van der Waals surface area contributed by atoms with Crippen molar-refractivity contribution in [1.29, 1.82) is 0 Å². The van der Waals surface area contributed by atoms with Crippen LogP contribution in [0.4, 0.5) is 11.6 Å². The standard InChI is InChI=1S/C23H28ClN7O4/c24-19-21(26)30-20(25)18(29-19)22(34)31-23(27)28-8-2-1-3-13-4-5-15-10-17(7-6-14(15)9-13)35-12-16(33)11-32/h4-7,9-10,16,32-33H,1-3,8,11-12H2,(H4,25,26,30)(H3,27,28,31,34). The van der Waals surface area contributed by atoms with Crippen LogP contribution in [0.2, 0.25) is 5.15 Å². The van der Waals surface area contributed by atoms with E-state index in [1.165, 1.54) is 5.56 Å². The molecule has 3 aromatic rings. The third-order valence-corrected chi connectivity index (χ3v) is 5.32. The Morgan fingerprint density at radius 3 is 2.63 bits per heavy atom. The largest absolute Gasteiger partial charge is 0.491 e.